The van der Waals surface area contributed by atoms with Gasteiger partial charge in [-0.15, -0.1) is 0 Å². The summed E-state index contributed by atoms with van der Waals surface area (Å²) in [4.78, 5) is 12.4. The highest BCUT2D eigenvalue weighted by Gasteiger charge is 2.28. The van der Waals surface area contributed by atoms with Crippen molar-refractivity contribution < 1.29 is 14.3 Å². The van der Waals surface area contributed by atoms with E-state index in [0.717, 1.165) is 31.4 Å². The monoisotopic (exact) mass is 324 g/mol. The Kier molecular flexibility index (Phi) is 5.19. The van der Waals surface area contributed by atoms with Crippen LogP contribution in [0.25, 0.3) is 0 Å². The lowest BCUT2D eigenvalue weighted by atomic mass is 9.78. The maximum atomic E-state index is 12.4. The van der Waals surface area contributed by atoms with Crippen LogP contribution in [0, 0.1) is 12.8 Å². The second kappa shape index (κ2) is 7.52. The Morgan fingerprint density at radius 3 is 2.04 bits per heavy atom. The van der Waals surface area contributed by atoms with Crippen LogP contribution in [-0.4, -0.2) is 13.1 Å². The lowest BCUT2D eigenvalue weighted by Crippen LogP contribution is -2.25. The molecule has 2 aromatic carbocycles. The molecule has 1 aliphatic carbocycles. The Balaban J connectivity index is 1.53. The van der Waals surface area contributed by atoms with Gasteiger partial charge in [0.1, 0.15) is 11.5 Å². The lowest BCUT2D eigenvalue weighted by molar-refractivity contribution is -0.140. The number of rotatable bonds is 4. The van der Waals surface area contributed by atoms with E-state index >= 15 is 0 Å². The number of carbonyl (C=O) groups excluding carboxylic acids is 1. The second-order valence-electron chi connectivity index (χ2n) is 6.56. The Bertz CT molecular complexity index is 665. The molecular weight excluding hydrogens is 300 g/mol. The molecule has 0 saturated heterocycles. The van der Waals surface area contributed by atoms with Gasteiger partial charge < -0.3 is 9.47 Å². The summed E-state index contributed by atoms with van der Waals surface area (Å²) >= 11 is 0. The molecule has 0 atom stereocenters. The highest BCUT2D eigenvalue weighted by molar-refractivity contribution is 5.75. The van der Waals surface area contributed by atoms with Crippen molar-refractivity contribution in [3.8, 4) is 11.5 Å². The fraction of sp³-hybridized carbons (Fsp3) is 0.381. The van der Waals surface area contributed by atoms with Crippen LogP contribution in [0.5, 0.6) is 11.5 Å². The number of methoxy groups -OCH3 is 1. The molecule has 0 aromatic heterocycles. The van der Waals surface area contributed by atoms with Crippen molar-refractivity contribution in [1.82, 2.24) is 0 Å². The minimum Gasteiger partial charge on any atom is -0.497 e. The first kappa shape index (κ1) is 16.6. The molecule has 0 bridgehead atoms. The SMILES string of the molecule is COc1ccc(OC(=O)C2CCC(c3ccc(C)cc3)CC2)cc1. The molecule has 1 aliphatic rings. The smallest absolute Gasteiger partial charge is 0.314 e. The standard InChI is InChI=1S/C21H24O3/c1-15-3-5-16(6-4-15)17-7-9-18(10-8-17)21(22)24-20-13-11-19(23-2)12-14-20/h3-6,11-14,17-18H,7-10H2,1-2H3. The molecule has 0 unspecified atom stereocenters. The summed E-state index contributed by atoms with van der Waals surface area (Å²) in [5.74, 6) is 1.81. The van der Waals surface area contributed by atoms with Gasteiger partial charge in [-0.05, 0) is 68.4 Å². The van der Waals surface area contributed by atoms with E-state index in [1.54, 1.807) is 31.4 Å². The van der Waals surface area contributed by atoms with Crippen molar-refractivity contribution in [3.63, 3.8) is 0 Å². The molecule has 2 aromatic rings. The van der Waals surface area contributed by atoms with Gasteiger partial charge in [-0.2, -0.15) is 0 Å². The van der Waals surface area contributed by atoms with Crippen molar-refractivity contribution in [2.45, 2.75) is 38.5 Å². The summed E-state index contributed by atoms with van der Waals surface area (Å²) in [6, 6.07) is 15.9. The number of esters is 1. The van der Waals surface area contributed by atoms with Crippen molar-refractivity contribution in [1.29, 1.82) is 0 Å². The Morgan fingerprint density at radius 2 is 1.46 bits per heavy atom. The summed E-state index contributed by atoms with van der Waals surface area (Å²) in [7, 11) is 1.62. The third-order valence-electron chi connectivity index (χ3n) is 4.89. The molecule has 0 spiro atoms. The van der Waals surface area contributed by atoms with Gasteiger partial charge in [-0.1, -0.05) is 29.8 Å². The van der Waals surface area contributed by atoms with Crippen LogP contribution < -0.4 is 9.47 Å². The molecule has 0 heterocycles. The summed E-state index contributed by atoms with van der Waals surface area (Å²) in [5.41, 5.74) is 2.68. The lowest BCUT2D eigenvalue weighted by Gasteiger charge is -2.27. The van der Waals surface area contributed by atoms with E-state index in [-0.39, 0.29) is 11.9 Å². The molecule has 3 heteroatoms. The van der Waals surface area contributed by atoms with Gasteiger partial charge in [0.15, 0.2) is 0 Å². The maximum Gasteiger partial charge on any atom is 0.314 e. The fourth-order valence-corrected chi connectivity index (χ4v) is 3.34. The van der Waals surface area contributed by atoms with Crippen LogP contribution in [0.1, 0.15) is 42.7 Å². The summed E-state index contributed by atoms with van der Waals surface area (Å²) in [6.07, 6.45) is 3.89. The van der Waals surface area contributed by atoms with E-state index in [1.807, 2.05) is 0 Å². The molecule has 3 nitrogen and oxygen atoms in total. The van der Waals surface area contributed by atoms with Gasteiger partial charge in [0.25, 0.3) is 0 Å². The van der Waals surface area contributed by atoms with E-state index in [9.17, 15) is 4.79 Å². The van der Waals surface area contributed by atoms with Crippen molar-refractivity contribution in [2.75, 3.05) is 7.11 Å². The van der Waals surface area contributed by atoms with Crippen LogP contribution in [0.3, 0.4) is 0 Å². The summed E-state index contributed by atoms with van der Waals surface area (Å²) in [5, 5.41) is 0. The van der Waals surface area contributed by atoms with E-state index in [2.05, 4.69) is 31.2 Å². The van der Waals surface area contributed by atoms with Crippen LogP contribution in [0.15, 0.2) is 48.5 Å². The van der Waals surface area contributed by atoms with Crippen LogP contribution in [0.4, 0.5) is 0 Å². The summed E-state index contributed by atoms with van der Waals surface area (Å²) in [6.45, 7) is 2.11. The van der Waals surface area contributed by atoms with Gasteiger partial charge in [-0.25, -0.2) is 0 Å². The number of carbonyl (C=O) groups is 1. The zero-order chi connectivity index (χ0) is 16.9. The molecule has 0 aliphatic heterocycles. The van der Waals surface area contributed by atoms with Crippen molar-refractivity contribution >= 4 is 5.97 Å². The molecule has 0 amide bonds. The molecule has 24 heavy (non-hydrogen) atoms. The number of hydrogen-bond acceptors (Lipinski definition) is 3. The van der Waals surface area contributed by atoms with Crippen molar-refractivity contribution in [2.24, 2.45) is 5.92 Å². The first-order chi connectivity index (χ1) is 11.7. The number of hydrogen-bond donors (Lipinski definition) is 0. The van der Waals surface area contributed by atoms with Gasteiger partial charge in [0.2, 0.25) is 0 Å². The highest BCUT2D eigenvalue weighted by atomic mass is 16.5. The van der Waals surface area contributed by atoms with Gasteiger partial charge in [0, 0.05) is 0 Å². The summed E-state index contributed by atoms with van der Waals surface area (Å²) < 4.78 is 10.6. The Labute approximate surface area is 143 Å². The molecule has 3 rings (SSSR count). The van der Waals surface area contributed by atoms with E-state index < -0.39 is 0 Å². The Hall–Kier alpha value is -2.29. The Morgan fingerprint density at radius 1 is 0.875 bits per heavy atom. The molecule has 126 valence electrons. The first-order valence-electron chi connectivity index (χ1n) is 8.58. The van der Waals surface area contributed by atoms with Crippen molar-refractivity contribution in [3.05, 3.63) is 59.7 Å². The highest BCUT2D eigenvalue weighted by Crippen LogP contribution is 2.36. The zero-order valence-corrected chi connectivity index (χ0v) is 14.3. The van der Waals surface area contributed by atoms with Crippen LogP contribution in [0.2, 0.25) is 0 Å². The second-order valence-corrected chi connectivity index (χ2v) is 6.56. The predicted molar refractivity (Wildman–Crippen MR) is 94.5 cm³/mol. The fourth-order valence-electron chi connectivity index (χ4n) is 3.34. The van der Waals surface area contributed by atoms with Gasteiger partial charge in [-0.3, -0.25) is 4.79 Å². The average molecular weight is 324 g/mol. The minimum absolute atomic E-state index is 0.00815. The molecular formula is C21H24O3. The van der Waals surface area contributed by atoms with Crippen LogP contribution in [-0.2, 0) is 4.79 Å². The minimum atomic E-state index is -0.109. The maximum absolute atomic E-state index is 12.4. The van der Waals surface area contributed by atoms with Gasteiger partial charge >= 0.3 is 5.97 Å². The van der Waals surface area contributed by atoms with E-state index in [0.29, 0.717) is 11.7 Å². The first-order valence-corrected chi connectivity index (χ1v) is 8.58. The largest absolute Gasteiger partial charge is 0.497 e. The quantitative estimate of drug-likeness (QED) is 0.594. The van der Waals surface area contributed by atoms with E-state index in [1.165, 1.54) is 11.1 Å². The topological polar surface area (TPSA) is 35.5 Å². The number of benzene rings is 2. The molecule has 0 radical (unpaired) electrons. The van der Waals surface area contributed by atoms with Crippen LogP contribution >= 0.6 is 0 Å². The number of ether oxygens (including phenoxy) is 2. The van der Waals surface area contributed by atoms with E-state index in [4.69, 9.17) is 9.47 Å². The number of aryl methyl sites for hydroxylation is 1. The molecule has 0 N–H and O–H groups in total. The van der Waals surface area contributed by atoms with Gasteiger partial charge in [0.05, 0.1) is 13.0 Å². The predicted octanol–water partition coefficient (Wildman–Crippen LogP) is 4.88. The zero-order valence-electron chi connectivity index (χ0n) is 14.3. The average Bonchev–Trinajstić information content (AvgIpc) is 2.63. The third-order valence-corrected chi connectivity index (χ3v) is 4.89. The third kappa shape index (κ3) is 3.97. The normalized spacial score (nSPS) is 20.4. The molecule has 1 fully saturated rings. The molecule has 1 saturated carbocycles.